The van der Waals surface area contributed by atoms with Crippen LogP contribution in [0.5, 0.6) is 0 Å². The number of carbonyl (C=O) groups excluding carboxylic acids is 1. The number of carbonyl (C=O) groups is 1. The topological polar surface area (TPSA) is 42.9 Å². The highest BCUT2D eigenvalue weighted by Gasteiger charge is 2.07. The van der Waals surface area contributed by atoms with Gasteiger partial charge in [0.1, 0.15) is 0 Å². The van der Waals surface area contributed by atoms with Crippen LogP contribution in [0.3, 0.4) is 0 Å². The monoisotopic (exact) mass is 260 g/mol. The maximum absolute atomic E-state index is 11.2. The second-order valence-electron chi connectivity index (χ2n) is 4.40. The number of rotatable bonds is 3. The summed E-state index contributed by atoms with van der Waals surface area (Å²) < 4.78 is 0. The molecule has 0 saturated carbocycles. The van der Waals surface area contributed by atoms with Crippen molar-refractivity contribution in [1.29, 1.82) is 0 Å². The van der Waals surface area contributed by atoms with E-state index in [-0.39, 0.29) is 0 Å². The molecule has 0 N–H and O–H groups in total. The van der Waals surface area contributed by atoms with Crippen LogP contribution in [0.4, 0.5) is 0 Å². The van der Waals surface area contributed by atoms with E-state index < -0.39 is 0 Å². The molecule has 0 amide bonds. The van der Waals surface area contributed by atoms with Gasteiger partial charge < -0.3 is 0 Å². The van der Waals surface area contributed by atoms with Crippen molar-refractivity contribution in [2.45, 2.75) is 0 Å². The lowest BCUT2D eigenvalue weighted by atomic mass is 9.96. The van der Waals surface area contributed by atoms with Crippen LogP contribution >= 0.6 is 0 Å². The Bertz CT molecular complexity index is 724. The highest BCUT2D eigenvalue weighted by atomic mass is 16.1. The van der Waals surface area contributed by atoms with Crippen LogP contribution in [0, 0.1) is 0 Å². The van der Waals surface area contributed by atoms with Gasteiger partial charge in [-0.3, -0.25) is 14.8 Å². The number of pyridine rings is 2. The summed E-state index contributed by atoms with van der Waals surface area (Å²) in [5.74, 6) is 0. The molecule has 20 heavy (non-hydrogen) atoms. The van der Waals surface area contributed by atoms with E-state index in [0.29, 0.717) is 5.56 Å². The van der Waals surface area contributed by atoms with E-state index in [0.717, 1.165) is 28.5 Å². The molecule has 0 saturated heterocycles. The molecule has 0 atom stereocenters. The summed E-state index contributed by atoms with van der Waals surface area (Å²) in [5, 5.41) is 0. The summed E-state index contributed by atoms with van der Waals surface area (Å²) in [5.41, 5.74) is 4.53. The molecule has 0 fully saturated rings. The summed E-state index contributed by atoms with van der Waals surface area (Å²) >= 11 is 0. The Kier molecular flexibility index (Phi) is 3.33. The molecule has 2 heterocycles. The average molecular weight is 260 g/mol. The highest BCUT2D eigenvalue weighted by Crippen LogP contribution is 2.28. The minimum atomic E-state index is 0.658. The van der Waals surface area contributed by atoms with Gasteiger partial charge in [0, 0.05) is 41.5 Å². The van der Waals surface area contributed by atoms with Gasteiger partial charge >= 0.3 is 0 Å². The lowest BCUT2D eigenvalue weighted by molar-refractivity contribution is 0.112. The van der Waals surface area contributed by atoms with E-state index in [4.69, 9.17) is 0 Å². The first-order valence-corrected chi connectivity index (χ1v) is 6.28. The fraction of sp³-hybridized carbons (Fsp3) is 0. The van der Waals surface area contributed by atoms with Gasteiger partial charge in [-0.05, 0) is 29.3 Å². The molecule has 96 valence electrons. The summed E-state index contributed by atoms with van der Waals surface area (Å²) in [6.07, 6.45) is 7.90. The summed E-state index contributed by atoms with van der Waals surface area (Å²) in [6.45, 7) is 0. The van der Waals surface area contributed by atoms with Crippen LogP contribution in [-0.2, 0) is 0 Å². The second-order valence-corrected chi connectivity index (χ2v) is 4.40. The van der Waals surface area contributed by atoms with Gasteiger partial charge in [0.05, 0.1) is 0 Å². The number of aromatic nitrogens is 2. The van der Waals surface area contributed by atoms with Gasteiger partial charge in [-0.2, -0.15) is 0 Å². The van der Waals surface area contributed by atoms with Crippen molar-refractivity contribution in [2.24, 2.45) is 0 Å². The molecule has 0 radical (unpaired) electrons. The largest absolute Gasteiger partial charge is 0.298 e. The molecular formula is C17H12N2O. The van der Waals surface area contributed by atoms with Crippen molar-refractivity contribution in [1.82, 2.24) is 9.97 Å². The van der Waals surface area contributed by atoms with Crippen molar-refractivity contribution < 1.29 is 4.79 Å². The molecule has 3 nitrogen and oxygen atoms in total. The van der Waals surface area contributed by atoms with Gasteiger partial charge in [0.2, 0.25) is 0 Å². The van der Waals surface area contributed by atoms with E-state index in [1.165, 1.54) is 0 Å². The van der Waals surface area contributed by atoms with Crippen LogP contribution < -0.4 is 0 Å². The number of benzene rings is 1. The van der Waals surface area contributed by atoms with Crippen molar-refractivity contribution in [3.05, 3.63) is 72.8 Å². The van der Waals surface area contributed by atoms with Crippen molar-refractivity contribution in [2.75, 3.05) is 0 Å². The van der Waals surface area contributed by atoms with Gasteiger partial charge in [-0.1, -0.05) is 24.3 Å². The van der Waals surface area contributed by atoms with E-state index in [1.54, 1.807) is 18.6 Å². The molecule has 0 spiro atoms. The van der Waals surface area contributed by atoms with Crippen LogP contribution in [-0.4, -0.2) is 16.3 Å². The quantitative estimate of drug-likeness (QED) is 0.675. The zero-order valence-corrected chi connectivity index (χ0v) is 10.7. The lowest BCUT2D eigenvalue weighted by Crippen LogP contribution is -1.90. The van der Waals surface area contributed by atoms with Crippen molar-refractivity contribution in [3.8, 4) is 22.3 Å². The van der Waals surface area contributed by atoms with E-state index in [1.807, 2.05) is 48.7 Å². The number of hydrogen-bond acceptors (Lipinski definition) is 3. The minimum absolute atomic E-state index is 0.658. The van der Waals surface area contributed by atoms with Crippen LogP contribution in [0.15, 0.2) is 67.3 Å². The molecule has 2 aromatic heterocycles. The van der Waals surface area contributed by atoms with Gasteiger partial charge in [0.15, 0.2) is 6.29 Å². The van der Waals surface area contributed by atoms with E-state index in [9.17, 15) is 4.79 Å². The van der Waals surface area contributed by atoms with Gasteiger partial charge in [0.25, 0.3) is 0 Å². The summed E-state index contributed by atoms with van der Waals surface area (Å²) in [6, 6.07) is 13.5. The predicted octanol–water partition coefficient (Wildman–Crippen LogP) is 3.62. The van der Waals surface area contributed by atoms with Gasteiger partial charge in [-0.25, -0.2) is 0 Å². The van der Waals surface area contributed by atoms with E-state index >= 15 is 0 Å². The standard InChI is InChI=1S/C17H12N2O/c20-12-16-6-5-13(14-3-1-7-18-10-14)9-17(16)15-4-2-8-19-11-15/h1-12H. The fourth-order valence-corrected chi connectivity index (χ4v) is 2.14. The number of hydrogen-bond donors (Lipinski definition) is 0. The maximum atomic E-state index is 11.2. The SMILES string of the molecule is O=Cc1ccc(-c2cccnc2)cc1-c1cccnc1. The van der Waals surface area contributed by atoms with Gasteiger partial charge in [-0.15, -0.1) is 0 Å². The third-order valence-electron chi connectivity index (χ3n) is 3.15. The fourth-order valence-electron chi connectivity index (χ4n) is 2.14. The van der Waals surface area contributed by atoms with Crippen molar-refractivity contribution in [3.63, 3.8) is 0 Å². The number of nitrogens with zero attached hydrogens (tertiary/aromatic N) is 2. The highest BCUT2D eigenvalue weighted by molar-refractivity contribution is 5.89. The van der Waals surface area contributed by atoms with Crippen molar-refractivity contribution >= 4 is 6.29 Å². The van der Waals surface area contributed by atoms with Crippen LogP contribution in [0.2, 0.25) is 0 Å². The molecule has 0 unspecified atom stereocenters. The predicted molar refractivity (Wildman–Crippen MR) is 78.3 cm³/mol. The smallest absolute Gasteiger partial charge is 0.150 e. The molecule has 0 bridgehead atoms. The third kappa shape index (κ3) is 2.34. The lowest BCUT2D eigenvalue weighted by Gasteiger charge is -2.08. The Hall–Kier alpha value is -2.81. The van der Waals surface area contributed by atoms with Crippen LogP contribution in [0.1, 0.15) is 10.4 Å². The minimum Gasteiger partial charge on any atom is -0.298 e. The Labute approximate surface area is 117 Å². The Morgan fingerprint density at radius 3 is 2.10 bits per heavy atom. The Balaban J connectivity index is 2.16. The average Bonchev–Trinajstić information content (AvgIpc) is 2.56. The van der Waals surface area contributed by atoms with E-state index in [2.05, 4.69) is 9.97 Å². The Morgan fingerprint density at radius 1 is 0.800 bits per heavy atom. The summed E-state index contributed by atoms with van der Waals surface area (Å²) in [4.78, 5) is 19.5. The summed E-state index contributed by atoms with van der Waals surface area (Å²) in [7, 11) is 0. The third-order valence-corrected chi connectivity index (χ3v) is 3.15. The molecule has 3 aromatic rings. The van der Waals surface area contributed by atoms with Crippen LogP contribution in [0.25, 0.3) is 22.3 Å². The first kappa shape index (κ1) is 12.2. The molecule has 0 aliphatic rings. The zero-order chi connectivity index (χ0) is 13.8. The molecule has 0 aliphatic heterocycles. The maximum Gasteiger partial charge on any atom is 0.150 e. The molecular weight excluding hydrogens is 248 g/mol. The normalized spacial score (nSPS) is 10.2. The Morgan fingerprint density at radius 2 is 1.50 bits per heavy atom. The molecule has 1 aromatic carbocycles. The zero-order valence-electron chi connectivity index (χ0n) is 10.7. The molecule has 3 rings (SSSR count). The first-order chi connectivity index (χ1) is 9.88. The second kappa shape index (κ2) is 5.45. The molecule has 3 heteroatoms. The molecule has 0 aliphatic carbocycles. The first-order valence-electron chi connectivity index (χ1n) is 6.28. The number of aldehydes is 1.